The van der Waals surface area contributed by atoms with Crippen LogP contribution >= 0.6 is 0 Å². The number of aromatic hydroxyl groups is 1. The Kier molecular flexibility index (Phi) is 3.61. The standard InChI is InChI=1S/C21H22O3/c1-2-6-14-11-19-17(12-18(14)22)16-9-10-21(23,13-20(16)24-19)15-7-4-3-5-8-15/h2-5,7-8,11-12,16,20,22-23H,1,6,9-10,13H2/t16?,20?,21-/m0/s1. The number of benzene rings is 2. The fraction of sp³-hybridized carbons (Fsp3) is 0.333. The Balaban J connectivity index is 1.63. The average molecular weight is 322 g/mol. The molecule has 1 fully saturated rings. The number of fused-ring (bicyclic) bond motifs is 3. The van der Waals surface area contributed by atoms with Crippen molar-refractivity contribution in [2.75, 3.05) is 0 Å². The van der Waals surface area contributed by atoms with Crippen molar-refractivity contribution >= 4 is 0 Å². The number of phenols is 1. The van der Waals surface area contributed by atoms with Gasteiger partial charge in [0.25, 0.3) is 0 Å². The average Bonchev–Trinajstić information content (AvgIpc) is 2.92. The Bertz CT molecular complexity index is 768. The van der Waals surface area contributed by atoms with Crippen molar-refractivity contribution in [3.05, 3.63) is 71.8 Å². The van der Waals surface area contributed by atoms with E-state index in [0.717, 1.165) is 28.9 Å². The number of allylic oxidation sites excluding steroid dienone is 1. The third kappa shape index (κ3) is 2.40. The minimum absolute atomic E-state index is 0.0441. The maximum atomic E-state index is 11.1. The lowest BCUT2D eigenvalue weighted by Gasteiger charge is -2.38. The zero-order valence-electron chi connectivity index (χ0n) is 13.6. The summed E-state index contributed by atoms with van der Waals surface area (Å²) in [6.07, 6.45) is 4.48. The highest BCUT2D eigenvalue weighted by Gasteiger charge is 2.46. The van der Waals surface area contributed by atoms with Crippen LogP contribution < -0.4 is 4.74 Å². The van der Waals surface area contributed by atoms with Crippen LogP contribution in [0.25, 0.3) is 0 Å². The number of hydrogen-bond donors (Lipinski definition) is 2. The predicted molar refractivity (Wildman–Crippen MR) is 93.4 cm³/mol. The Labute approximate surface area is 142 Å². The fourth-order valence-electron chi connectivity index (χ4n) is 4.15. The van der Waals surface area contributed by atoms with Crippen molar-refractivity contribution < 1.29 is 14.9 Å². The molecule has 124 valence electrons. The van der Waals surface area contributed by atoms with Crippen LogP contribution in [0.3, 0.4) is 0 Å². The minimum atomic E-state index is -0.837. The summed E-state index contributed by atoms with van der Waals surface area (Å²) in [5.41, 5.74) is 2.02. The zero-order valence-corrected chi connectivity index (χ0v) is 13.6. The van der Waals surface area contributed by atoms with Crippen LogP contribution in [0.4, 0.5) is 0 Å². The zero-order chi connectivity index (χ0) is 16.7. The molecule has 0 bridgehead atoms. The monoisotopic (exact) mass is 322 g/mol. The molecule has 2 N–H and O–H groups in total. The third-order valence-electron chi connectivity index (χ3n) is 5.42. The molecule has 1 saturated carbocycles. The van der Waals surface area contributed by atoms with Gasteiger partial charge in [-0.15, -0.1) is 6.58 Å². The van der Waals surface area contributed by atoms with Crippen LogP contribution in [0.5, 0.6) is 11.5 Å². The fourth-order valence-corrected chi connectivity index (χ4v) is 4.15. The first-order chi connectivity index (χ1) is 11.6. The number of aliphatic hydroxyl groups is 1. The van der Waals surface area contributed by atoms with Crippen LogP contribution in [-0.2, 0) is 12.0 Å². The van der Waals surface area contributed by atoms with Gasteiger partial charge in [-0.05, 0) is 37.0 Å². The molecule has 2 aromatic carbocycles. The summed E-state index contributed by atoms with van der Waals surface area (Å²) >= 11 is 0. The maximum Gasteiger partial charge on any atom is 0.123 e. The lowest BCUT2D eigenvalue weighted by Crippen LogP contribution is -2.39. The molecule has 1 aliphatic carbocycles. The molecular weight excluding hydrogens is 300 g/mol. The third-order valence-corrected chi connectivity index (χ3v) is 5.42. The highest BCUT2D eigenvalue weighted by molar-refractivity contribution is 5.51. The molecule has 2 aliphatic rings. The molecule has 1 aliphatic heterocycles. The molecule has 4 rings (SSSR count). The van der Waals surface area contributed by atoms with Gasteiger partial charge in [0, 0.05) is 23.5 Å². The van der Waals surface area contributed by atoms with Crippen LogP contribution in [0.15, 0.2) is 55.1 Å². The number of phenolic OH excluding ortho intramolecular Hbond substituents is 1. The summed E-state index contributed by atoms with van der Waals surface area (Å²) in [6, 6.07) is 13.6. The summed E-state index contributed by atoms with van der Waals surface area (Å²) in [5, 5.41) is 21.3. The Morgan fingerprint density at radius 2 is 2.04 bits per heavy atom. The molecule has 0 radical (unpaired) electrons. The van der Waals surface area contributed by atoms with Gasteiger partial charge in [-0.25, -0.2) is 0 Å². The molecule has 3 heteroatoms. The summed E-state index contributed by atoms with van der Waals surface area (Å²) in [6.45, 7) is 3.73. The number of rotatable bonds is 3. The van der Waals surface area contributed by atoms with Crippen LogP contribution in [0, 0.1) is 0 Å². The van der Waals surface area contributed by atoms with Crippen LogP contribution in [-0.4, -0.2) is 16.3 Å². The molecule has 0 amide bonds. The van der Waals surface area contributed by atoms with Gasteiger partial charge < -0.3 is 14.9 Å². The quantitative estimate of drug-likeness (QED) is 0.839. The van der Waals surface area contributed by atoms with Gasteiger partial charge in [0.2, 0.25) is 0 Å². The van der Waals surface area contributed by atoms with E-state index >= 15 is 0 Å². The first-order valence-corrected chi connectivity index (χ1v) is 8.52. The van der Waals surface area contributed by atoms with E-state index in [1.54, 1.807) is 6.08 Å². The lowest BCUT2D eigenvalue weighted by atomic mass is 9.72. The first kappa shape index (κ1) is 15.3. The first-order valence-electron chi connectivity index (χ1n) is 8.52. The topological polar surface area (TPSA) is 49.7 Å². The van der Waals surface area contributed by atoms with Crippen molar-refractivity contribution in [3.63, 3.8) is 0 Å². The van der Waals surface area contributed by atoms with Crippen LogP contribution in [0.1, 0.15) is 41.9 Å². The van der Waals surface area contributed by atoms with Gasteiger partial charge in [-0.1, -0.05) is 36.4 Å². The Hall–Kier alpha value is -2.26. The Morgan fingerprint density at radius 3 is 2.79 bits per heavy atom. The molecule has 0 saturated heterocycles. The maximum absolute atomic E-state index is 11.1. The van der Waals surface area contributed by atoms with Crippen molar-refractivity contribution in [2.45, 2.75) is 43.3 Å². The molecule has 0 spiro atoms. The molecule has 3 atom stereocenters. The second-order valence-corrected chi connectivity index (χ2v) is 6.91. The van der Waals surface area contributed by atoms with E-state index in [4.69, 9.17) is 4.74 Å². The van der Waals surface area contributed by atoms with E-state index < -0.39 is 5.60 Å². The summed E-state index contributed by atoms with van der Waals surface area (Å²) < 4.78 is 6.16. The molecule has 3 nitrogen and oxygen atoms in total. The predicted octanol–water partition coefficient (Wildman–Crippen LogP) is 4.04. The largest absolute Gasteiger partial charge is 0.508 e. The van der Waals surface area contributed by atoms with E-state index in [-0.39, 0.29) is 12.0 Å². The van der Waals surface area contributed by atoms with Crippen molar-refractivity contribution in [1.82, 2.24) is 0 Å². The molecule has 2 unspecified atom stereocenters. The van der Waals surface area contributed by atoms with Crippen molar-refractivity contribution in [2.24, 2.45) is 0 Å². The highest BCUT2D eigenvalue weighted by Crippen LogP contribution is 2.52. The number of ether oxygens (including phenoxy) is 1. The van der Waals surface area contributed by atoms with Crippen molar-refractivity contribution in [1.29, 1.82) is 0 Å². The van der Waals surface area contributed by atoms with E-state index in [0.29, 0.717) is 25.0 Å². The molecule has 0 aromatic heterocycles. The second-order valence-electron chi connectivity index (χ2n) is 6.91. The number of hydrogen-bond acceptors (Lipinski definition) is 3. The highest BCUT2D eigenvalue weighted by atomic mass is 16.5. The van der Waals surface area contributed by atoms with Gasteiger partial charge in [-0.2, -0.15) is 0 Å². The second kappa shape index (κ2) is 5.67. The molecular formula is C21H22O3. The van der Waals surface area contributed by atoms with Gasteiger partial charge in [0.15, 0.2) is 0 Å². The van der Waals surface area contributed by atoms with Crippen molar-refractivity contribution in [3.8, 4) is 11.5 Å². The smallest absolute Gasteiger partial charge is 0.123 e. The van der Waals surface area contributed by atoms with E-state index in [2.05, 4.69) is 6.58 Å². The van der Waals surface area contributed by atoms with Gasteiger partial charge in [-0.3, -0.25) is 0 Å². The lowest BCUT2D eigenvalue weighted by molar-refractivity contribution is -0.0429. The molecule has 24 heavy (non-hydrogen) atoms. The summed E-state index contributed by atoms with van der Waals surface area (Å²) in [7, 11) is 0. The minimum Gasteiger partial charge on any atom is -0.508 e. The van der Waals surface area contributed by atoms with E-state index in [9.17, 15) is 10.2 Å². The summed E-state index contributed by atoms with van der Waals surface area (Å²) in [5.74, 6) is 1.39. The molecule has 2 aromatic rings. The van der Waals surface area contributed by atoms with Gasteiger partial charge in [0.1, 0.15) is 17.6 Å². The molecule has 1 heterocycles. The van der Waals surface area contributed by atoms with Gasteiger partial charge in [0.05, 0.1) is 5.60 Å². The van der Waals surface area contributed by atoms with E-state index in [1.165, 1.54) is 0 Å². The summed E-state index contributed by atoms with van der Waals surface area (Å²) in [4.78, 5) is 0. The Morgan fingerprint density at radius 1 is 1.25 bits per heavy atom. The normalized spacial score (nSPS) is 27.9. The van der Waals surface area contributed by atoms with Crippen LogP contribution in [0.2, 0.25) is 0 Å². The SMILES string of the molecule is C=CCc1cc2c(cc1O)C1CC[C@@](O)(c3ccccc3)CC1O2. The van der Waals surface area contributed by atoms with Gasteiger partial charge >= 0.3 is 0 Å². The van der Waals surface area contributed by atoms with E-state index in [1.807, 2.05) is 42.5 Å².